The van der Waals surface area contributed by atoms with E-state index in [0.717, 1.165) is 49.0 Å². The summed E-state index contributed by atoms with van der Waals surface area (Å²) < 4.78 is 18.4. The monoisotopic (exact) mass is 300 g/mol. The molecule has 0 radical (unpaired) electrons. The molecular weight excluding hydrogens is 283 g/mol. The molecule has 0 unspecified atom stereocenters. The molecule has 1 saturated heterocycles. The minimum atomic E-state index is -0.258. The van der Waals surface area contributed by atoms with Gasteiger partial charge in [-0.25, -0.2) is 4.39 Å². The Bertz CT molecular complexity index is 708. The van der Waals surface area contributed by atoms with Crippen molar-refractivity contribution in [2.24, 2.45) is 0 Å². The van der Waals surface area contributed by atoms with Gasteiger partial charge in [0.25, 0.3) is 5.91 Å². The smallest absolute Gasteiger partial charge is 0.276 e. The summed E-state index contributed by atoms with van der Waals surface area (Å²) in [5, 5.41) is 4.02. The zero-order valence-corrected chi connectivity index (χ0v) is 12.2. The topological polar surface area (TPSA) is 46.3 Å². The highest BCUT2D eigenvalue weighted by Gasteiger charge is 2.37. The van der Waals surface area contributed by atoms with Crippen molar-refractivity contribution in [3.8, 4) is 0 Å². The van der Waals surface area contributed by atoms with E-state index in [2.05, 4.69) is 5.16 Å². The highest BCUT2D eigenvalue weighted by Crippen LogP contribution is 2.35. The summed E-state index contributed by atoms with van der Waals surface area (Å²) in [6.07, 6.45) is 4.82. The minimum Gasteiger partial charge on any atom is -0.360 e. The van der Waals surface area contributed by atoms with Crippen LogP contribution in [-0.2, 0) is 12.8 Å². The van der Waals surface area contributed by atoms with Gasteiger partial charge < -0.3 is 9.42 Å². The van der Waals surface area contributed by atoms with E-state index in [-0.39, 0.29) is 17.8 Å². The van der Waals surface area contributed by atoms with E-state index in [1.807, 2.05) is 0 Å². The zero-order valence-electron chi connectivity index (χ0n) is 12.2. The lowest BCUT2D eigenvalue weighted by atomic mass is 9.92. The summed E-state index contributed by atoms with van der Waals surface area (Å²) in [4.78, 5) is 14.5. The number of likely N-dealkylation sites (tertiary alicyclic amines) is 1. The molecule has 114 valence electrons. The molecule has 2 heterocycles. The van der Waals surface area contributed by atoms with Crippen LogP contribution in [-0.4, -0.2) is 22.5 Å². The van der Waals surface area contributed by atoms with Crippen LogP contribution in [0.4, 0.5) is 4.39 Å². The molecule has 0 N–H and O–H groups in total. The number of carbonyl (C=O) groups is 1. The number of aromatic nitrogens is 1. The molecule has 1 amide bonds. The largest absolute Gasteiger partial charge is 0.360 e. The Morgan fingerprint density at radius 2 is 2.00 bits per heavy atom. The van der Waals surface area contributed by atoms with Crippen molar-refractivity contribution in [1.29, 1.82) is 0 Å². The Morgan fingerprint density at radius 3 is 2.73 bits per heavy atom. The molecule has 4 rings (SSSR count). The van der Waals surface area contributed by atoms with Gasteiger partial charge in [-0.05, 0) is 43.4 Å². The second-order valence-corrected chi connectivity index (χ2v) is 5.99. The van der Waals surface area contributed by atoms with Gasteiger partial charge in [-0.1, -0.05) is 17.3 Å². The SMILES string of the molecule is O=C(c1noc2c1CCCC2)N1CC[C@@H]1c1ccc(F)cc1. The summed E-state index contributed by atoms with van der Waals surface area (Å²) >= 11 is 0. The summed E-state index contributed by atoms with van der Waals surface area (Å²) in [6.45, 7) is 0.711. The average molecular weight is 300 g/mol. The van der Waals surface area contributed by atoms with Gasteiger partial charge in [0.2, 0.25) is 0 Å². The maximum Gasteiger partial charge on any atom is 0.276 e. The molecule has 0 bridgehead atoms. The standard InChI is InChI=1S/C17H17FN2O2/c18-12-7-5-11(6-8-12)14-9-10-20(14)17(21)16-13-3-1-2-4-15(13)22-19-16/h5-8,14H,1-4,9-10H2/t14-/m1/s1. The Kier molecular flexibility index (Phi) is 3.21. The first-order chi connectivity index (χ1) is 10.7. The normalized spacial score (nSPS) is 20.4. The van der Waals surface area contributed by atoms with Crippen molar-refractivity contribution in [3.63, 3.8) is 0 Å². The second-order valence-electron chi connectivity index (χ2n) is 5.99. The molecule has 1 aromatic carbocycles. The number of fused-ring (bicyclic) bond motifs is 1. The number of hydrogen-bond donors (Lipinski definition) is 0. The highest BCUT2D eigenvalue weighted by atomic mass is 19.1. The summed E-state index contributed by atoms with van der Waals surface area (Å²) in [7, 11) is 0. The lowest BCUT2D eigenvalue weighted by molar-refractivity contribution is 0.0448. The van der Waals surface area contributed by atoms with Crippen molar-refractivity contribution in [2.75, 3.05) is 6.54 Å². The van der Waals surface area contributed by atoms with Crippen LogP contribution in [0.1, 0.15) is 52.7 Å². The molecule has 22 heavy (non-hydrogen) atoms. The van der Waals surface area contributed by atoms with Crippen LogP contribution in [0, 0.1) is 5.82 Å². The van der Waals surface area contributed by atoms with Crippen LogP contribution in [0.3, 0.4) is 0 Å². The van der Waals surface area contributed by atoms with E-state index < -0.39 is 0 Å². The fourth-order valence-corrected chi connectivity index (χ4v) is 3.35. The molecule has 0 spiro atoms. The van der Waals surface area contributed by atoms with Crippen LogP contribution in [0.2, 0.25) is 0 Å². The van der Waals surface area contributed by atoms with Crippen LogP contribution in [0.25, 0.3) is 0 Å². The van der Waals surface area contributed by atoms with Crippen molar-refractivity contribution in [3.05, 3.63) is 52.7 Å². The van der Waals surface area contributed by atoms with Crippen molar-refractivity contribution in [2.45, 2.75) is 38.1 Å². The van der Waals surface area contributed by atoms with Gasteiger partial charge >= 0.3 is 0 Å². The van der Waals surface area contributed by atoms with E-state index in [1.54, 1.807) is 17.0 Å². The average Bonchev–Trinajstić information content (AvgIpc) is 2.92. The first kappa shape index (κ1) is 13.5. The fourth-order valence-electron chi connectivity index (χ4n) is 3.35. The molecule has 5 heteroatoms. The fraction of sp³-hybridized carbons (Fsp3) is 0.412. The van der Waals surface area contributed by atoms with Crippen molar-refractivity contribution < 1.29 is 13.7 Å². The van der Waals surface area contributed by atoms with Gasteiger partial charge in [0.15, 0.2) is 5.69 Å². The molecule has 0 saturated carbocycles. The van der Waals surface area contributed by atoms with E-state index in [4.69, 9.17) is 4.52 Å². The zero-order chi connectivity index (χ0) is 15.1. The van der Waals surface area contributed by atoms with E-state index in [1.165, 1.54) is 12.1 Å². The first-order valence-corrected chi connectivity index (χ1v) is 7.78. The van der Waals surface area contributed by atoms with Crippen molar-refractivity contribution in [1.82, 2.24) is 10.1 Å². The molecular formula is C17H17FN2O2. The van der Waals surface area contributed by atoms with Gasteiger partial charge in [-0.2, -0.15) is 0 Å². The predicted molar refractivity (Wildman–Crippen MR) is 77.9 cm³/mol. The van der Waals surface area contributed by atoms with E-state index in [0.29, 0.717) is 12.2 Å². The number of amides is 1. The summed E-state index contributed by atoms with van der Waals surface area (Å²) in [5.41, 5.74) is 2.43. The number of hydrogen-bond acceptors (Lipinski definition) is 3. The molecule has 2 aliphatic rings. The maximum atomic E-state index is 13.0. The van der Waals surface area contributed by atoms with Crippen LogP contribution >= 0.6 is 0 Å². The molecule has 1 aliphatic carbocycles. The molecule has 1 fully saturated rings. The first-order valence-electron chi connectivity index (χ1n) is 7.78. The number of carbonyl (C=O) groups excluding carboxylic acids is 1. The third-order valence-electron chi connectivity index (χ3n) is 4.69. The Morgan fingerprint density at radius 1 is 1.23 bits per heavy atom. The van der Waals surface area contributed by atoms with Gasteiger partial charge in [-0.3, -0.25) is 4.79 Å². The molecule has 4 nitrogen and oxygen atoms in total. The predicted octanol–water partition coefficient (Wildman–Crippen LogP) is 3.28. The number of rotatable bonds is 2. The third-order valence-corrected chi connectivity index (χ3v) is 4.69. The lowest BCUT2D eigenvalue weighted by Gasteiger charge is -2.41. The minimum absolute atomic E-state index is 0.0176. The quantitative estimate of drug-likeness (QED) is 0.855. The van der Waals surface area contributed by atoms with Crippen LogP contribution < -0.4 is 0 Å². The van der Waals surface area contributed by atoms with E-state index in [9.17, 15) is 9.18 Å². The molecule has 2 aromatic rings. The number of aryl methyl sites for hydroxylation is 1. The Labute approximate surface area is 127 Å². The number of nitrogens with zero attached hydrogens (tertiary/aromatic N) is 2. The highest BCUT2D eigenvalue weighted by molar-refractivity contribution is 5.94. The number of benzene rings is 1. The second kappa shape index (κ2) is 5.23. The molecule has 1 aliphatic heterocycles. The van der Waals surface area contributed by atoms with E-state index >= 15 is 0 Å². The Hall–Kier alpha value is -2.17. The van der Waals surface area contributed by atoms with Gasteiger partial charge in [0.1, 0.15) is 11.6 Å². The van der Waals surface area contributed by atoms with Crippen LogP contribution in [0.5, 0.6) is 0 Å². The van der Waals surface area contributed by atoms with Gasteiger partial charge in [0.05, 0.1) is 6.04 Å². The van der Waals surface area contributed by atoms with Crippen LogP contribution in [0.15, 0.2) is 28.8 Å². The van der Waals surface area contributed by atoms with Crippen molar-refractivity contribution >= 4 is 5.91 Å². The lowest BCUT2D eigenvalue weighted by Crippen LogP contribution is -2.45. The van der Waals surface area contributed by atoms with Gasteiger partial charge in [-0.15, -0.1) is 0 Å². The van der Waals surface area contributed by atoms with Gasteiger partial charge in [0, 0.05) is 18.5 Å². The summed E-state index contributed by atoms with van der Waals surface area (Å²) in [5.74, 6) is 0.549. The molecule has 1 aromatic heterocycles. The third kappa shape index (κ3) is 2.12. The Balaban J connectivity index is 1.58. The molecule has 1 atom stereocenters. The summed E-state index contributed by atoms with van der Waals surface area (Å²) in [6, 6.07) is 6.39. The number of halogens is 1. The maximum absolute atomic E-state index is 13.0.